The van der Waals surface area contributed by atoms with Gasteiger partial charge in [-0.05, 0) is 32.5 Å². The first-order chi connectivity index (χ1) is 16.8. The Balaban J connectivity index is 1.46. The van der Waals surface area contributed by atoms with Gasteiger partial charge in [0.2, 0.25) is 5.91 Å². The number of likely N-dealkylation sites (N-methyl/N-ethyl adjacent to an activating group) is 1. The Labute approximate surface area is 210 Å². The maximum Gasteiger partial charge on any atom is 0.321 e. The van der Waals surface area contributed by atoms with Crippen molar-refractivity contribution in [3.63, 3.8) is 0 Å². The maximum absolute atomic E-state index is 12.8. The van der Waals surface area contributed by atoms with Crippen molar-refractivity contribution < 1.29 is 24.2 Å². The zero-order valence-corrected chi connectivity index (χ0v) is 21.0. The van der Waals surface area contributed by atoms with E-state index in [-0.39, 0.29) is 35.5 Å². The summed E-state index contributed by atoms with van der Waals surface area (Å²) in [6, 6.07) is 9.17. The number of aliphatic carboxylic acids is 1. The fourth-order valence-electron chi connectivity index (χ4n) is 4.13. The first-order valence-corrected chi connectivity index (χ1v) is 12.8. The number of carbonyl (C=O) groups excluding carboxylic acids is 2. The summed E-state index contributed by atoms with van der Waals surface area (Å²) in [5.74, 6) is -1.74. The number of nitriles is 1. The average Bonchev–Trinajstić information content (AvgIpc) is 3.15. The summed E-state index contributed by atoms with van der Waals surface area (Å²) in [5.41, 5.74) is 0.823. The lowest BCUT2D eigenvalue weighted by Gasteiger charge is -2.32. The second-order valence-electron chi connectivity index (χ2n) is 8.68. The van der Waals surface area contributed by atoms with E-state index in [1.54, 1.807) is 11.0 Å². The number of hydrogen-bond donors (Lipinski definition) is 2. The highest BCUT2D eigenvalue weighted by Crippen LogP contribution is 2.37. The molecule has 190 valence electrons. The van der Waals surface area contributed by atoms with E-state index in [2.05, 4.69) is 10.2 Å². The van der Waals surface area contributed by atoms with Crippen molar-refractivity contribution in [1.82, 2.24) is 14.7 Å². The van der Waals surface area contributed by atoms with Gasteiger partial charge in [-0.3, -0.25) is 14.4 Å². The summed E-state index contributed by atoms with van der Waals surface area (Å²) in [7, 11) is 2.04. The molecule has 0 aromatic heterocycles. The molecule has 10 nitrogen and oxygen atoms in total. The van der Waals surface area contributed by atoms with Gasteiger partial charge in [0.25, 0.3) is 5.91 Å². The monoisotopic (exact) mass is 503 g/mol. The lowest BCUT2D eigenvalue weighted by Crippen LogP contribution is -2.48. The van der Waals surface area contributed by atoms with Crippen molar-refractivity contribution in [2.75, 3.05) is 58.2 Å². The molecule has 1 aromatic carbocycles. The highest BCUT2D eigenvalue weighted by Gasteiger charge is 2.40. The van der Waals surface area contributed by atoms with Crippen LogP contribution in [0, 0.1) is 17.2 Å². The molecule has 1 aromatic rings. The van der Waals surface area contributed by atoms with Gasteiger partial charge >= 0.3 is 5.97 Å². The van der Waals surface area contributed by atoms with Gasteiger partial charge in [-0.15, -0.1) is 11.8 Å². The van der Waals surface area contributed by atoms with E-state index < -0.39 is 11.9 Å². The van der Waals surface area contributed by atoms with Gasteiger partial charge in [-0.2, -0.15) is 5.26 Å². The van der Waals surface area contributed by atoms with Crippen LogP contribution < -0.4 is 10.1 Å². The molecule has 2 fully saturated rings. The highest BCUT2D eigenvalue weighted by atomic mass is 32.2. The molecule has 2 aliphatic rings. The molecule has 0 spiro atoms. The van der Waals surface area contributed by atoms with Crippen molar-refractivity contribution >= 4 is 35.2 Å². The van der Waals surface area contributed by atoms with Crippen LogP contribution in [-0.4, -0.2) is 101 Å². The van der Waals surface area contributed by atoms with E-state index in [4.69, 9.17) is 10.00 Å². The molecule has 0 saturated carbocycles. The smallest absolute Gasteiger partial charge is 0.321 e. The fraction of sp³-hybridized carbons (Fsp3) is 0.583. The van der Waals surface area contributed by atoms with Crippen molar-refractivity contribution in [1.29, 1.82) is 5.26 Å². The number of carboxylic acid groups (broad SMARTS) is 1. The first-order valence-electron chi connectivity index (χ1n) is 11.8. The molecule has 2 amide bonds. The van der Waals surface area contributed by atoms with Crippen LogP contribution in [0.25, 0.3) is 0 Å². The first kappa shape index (κ1) is 26.6. The molecular weight excluding hydrogens is 470 g/mol. The number of carboxylic acids is 1. The van der Waals surface area contributed by atoms with Crippen LogP contribution in [0.1, 0.15) is 19.8 Å². The van der Waals surface area contributed by atoms with Crippen molar-refractivity contribution in [3.05, 3.63) is 24.3 Å². The van der Waals surface area contributed by atoms with Crippen LogP contribution >= 0.6 is 11.8 Å². The lowest BCUT2D eigenvalue weighted by molar-refractivity contribution is -0.141. The summed E-state index contributed by atoms with van der Waals surface area (Å²) in [5, 5.41) is 21.0. The van der Waals surface area contributed by atoms with Gasteiger partial charge in [0.15, 0.2) is 6.61 Å². The summed E-state index contributed by atoms with van der Waals surface area (Å²) in [6.07, 6.45) is 0.681. The number of anilines is 1. The topological polar surface area (TPSA) is 126 Å². The predicted molar refractivity (Wildman–Crippen MR) is 133 cm³/mol. The minimum Gasteiger partial charge on any atom is -0.484 e. The Morgan fingerprint density at radius 3 is 2.71 bits per heavy atom. The van der Waals surface area contributed by atoms with E-state index in [0.717, 1.165) is 18.8 Å². The molecule has 3 rings (SSSR count). The minimum absolute atomic E-state index is 0.00530. The van der Waals surface area contributed by atoms with Crippen LogP contribution in [-0.2, 0) is 14.4 Å². The zero-order chi connectivity index (χ0) is 25.4. The molecule has 0 bridgehead atoms. The molecule has 0 radical (unpaired) electrons. The van der Waals surface area contributed by atoms with Gasteiger partial charge < -0.3 is 29.9 Å². The van der Waals surface area contributed by atoms with E-state index in [1.165, 1.54) is 11.8 Å². The lowest BCUT2D eigenvalue weighted by atomic mass is 10.1. The number of benzene rings is 1. The third-order valence-corrected chi connectivity index (χ3v) is 7.77. The molecule has 11 heteroatoms. The third-order valence-electron chi connectivity index (χ3n) is 6.25. The molecule has 2 heterocycles. The van der Waals surface area contributed by atoms with Crippen molar-refractivity contribution in [2.24, 2.45) is 5.92 Å². The van der Waals surface area contributed by atoms with Gasteiger partial charge in [-0.25, -0.2) is 0 Å². The van der Waals surface area contributed by atoms with Crippen LogP contribution in [0.2, 0.25) is 0 Å². The Morgan fingerprint density at radius 2 is 2.06 bits per heavy atom. The van der Waals surface area contributed by atoms with Gasteiger partial charge in [0, 0.05) is 57.4 Å². The minimum atomic E-state index is -1.16. The number of piperazine rings is 1. The Hall–Kier alpha value is -2.97. The SMILES string of the molecule is CCN1C(=O)C(CCNc2cccc(OCC(=O)N3CCN(C)CC3)c2)SC1CC(C#N)C(=O)O. The quantitative estimate of drug-likeness (QED) is 0.462. The number of amides is 2. The van der Waals surface area contributed by atoms with Crippen LogP contribution in [0.4, 0.5) is 5.69 Å². The average molecular weight is 504 g/mol. The molecule has 0 aliphatic carbocycles. The molecule has 3 unspecified atom stereocenters. The number of hydrogen-bond acceptors (Lipinski definition) is 8. The zero-order valence-electron chi connectivity index (χ0n) is 20.2. The molecule has 2 N–H and O–H groups in total. The highest BCUT2D eigenvalue weighted by molar-refractivity contribution is 8.01. The summed E-state index contributed by atoms with van der Waals surface area (Å²) in [6.45, 7) is 6.01. The molecule has 3 atom stereocenters. The van der Waals surface area contributed by atoms with Crippen molar-refractivity contribution in [3.8, 4) is 11.8 Å². The molecular formula is C24H33N5O5S. The van der Waals surface area contributed by atoms with E-state index in [1.807, 2.05) is 43.1 Å². The van der Waals surface area contributed by atoms with Crippen molar-refractivity contribution in [2.45, 2.75) is 30.4 Å². The second-order valence-corrected chi connectivity index (χ2v) is 10.1. The van der Waals surface area contributed by atoms with E-state index in [0.29, 0.717) is 38.3 Å². The number of thioether (sulfide) groups is 1. The van der Waals surface area contributed by atoms with E-state index >= 15 is 0 Å². The molecule has 35 heavy (non-hydrogen) atoms. The Bertz CT molecular complexity index is 946. The largest absolute Gasteiger partial charge is 0.484 e. The number of ether oxygens (including phenoxy) is 1. The number of carbonyl (C=O) groups is 3. The van der Waals surface area contributed by atoms with Gasteiger partial charge in [-0.1, -0.05) is 6.07 Å². The number of rotatable bonds is 11. The van der Waals surface area contributed by atoms with Gasteiger partial charge in [0.1, 0.15) is 11.7 Å². The maximum atomic E-state index is 12.8. The third kappa shape index (κ3) is 7.26. The standard InChI is InChI=1S/C24H33N5O5S/c1-3-29-22(13-17(15-25)24(32)33)35-20(23(29)31)7-8-26-18-5-4-6-19(14-18)34-16-21(30)28-11-9-27(2)10-12-28/h4-6,14,17,20,22,26H,3,7-13,16H2,1-2H3,(H,32,33). The molecule has 2 aliphatic heterocycles. The van der Waals surface area contributed by atoms with E-state index in [9.17, 15) is 19.5 Å². The second kappa shape index (κ2) is 12.7. The van der Waals surface area contributed by atoms with Crippen LogP contribution in [0.5, 0.6) is 5.75 Å². The summed E-state index contributed by atoms with van der Waals surface area (Å²) < 4.78 is 5.71. The number of nitrogens with zero attached hydrogens (tertiary/aromatic N) is 4. The fourth-order valence-corrected chi connectivity index (χ4v) is 5.72. The normalized spacial score (nSPS) is 21.5. The van der Waals surface area contributed by atoms with Crippen LogP contribution in [0.15, 0.2) is 24.3 Å². The Morgan fingerprint density at radius 1 is 1.31 bits per heavy atom. The molecule has 2 saturated heterocycles. The summed E-state index contributed by atoms with van der Waals surface area (Å²) >= 11 is 1.43. The predicted octanol–water partition coefficient (Wildman–Crippen LogP) is 1.55. The van der Waals surface area contributed by atoms with Gasteiger partial charge in [0.05, 0.1) is 16.7 Å². The number of nitrogens with one attached hydrogen (secondary N) is 1. The Kier molecular flexibility index (Phi) is 9.63. The summed E-state index contributed by atoms with van der Waals surface area (Å²) in [4.78, 5) is 42.1. The van der Waals surface area contributed by atoms with Crippen LogP contribution in [0.3, 0.4) is 0 Å².